The van der Waals surface area contributed by atoms with Crippen LogP contribution >= 0.6 is 15.9 Å². The normalized spacial score (nSPS) is 18.2. The zero-order chi connectivity index (χ0) is 13.5. The lowest BCUT2D eigenvalue weighted by Gasteiger charge is -2.24. The van der Waals surface area contributed by atoms with Crippen LogP contribution in [0.5, 0.6) is 5.75 Å². The molecule has 4 heteroatoms. The molecule has 0 radical (unpaired) electrons. The Balaban J connectivity index is 1.66. The molecule has 1 saturated carbocycles. The summed E-state index contributed by atoms with van der Waals surface area (Å²) in [6, 6.07) is 8.27. The summed E-state index contributed by atoms with van der Waals surface area (Å²) in [6.07, 6.45) is 5.97. The summed E-state index contributed by atoms with van der Waals surface area (Å²) < 4.78 is 6.52. The summed E-state index contributed by atoms with van der Waals surface area (Å²) in [5.74, 6) is 0.777. The fourth-order valence-electron chi connectivity index (χ4n) is 2.42. The highest BCUT2D eigenvalue weighted by Crippen LogP contribution is 2.23. The van der Waals surface area contributed by atoms with Gasteiger partial charge in [-0.1, -0.05) is 31.4 Å². The summed E-state index contributed by atoms with van der Waals surface area (Å²) in [4.78, 5) is 0. The predicted molar refractivity (Wildman–Crippen MR) is 80.5 cm³/mol. The van der Waals surface area contributed by atoms with Gasteiger partial charge in [0.1, 0.15) is 18.5 Å². The molecule has 3 nitrogen and oxygen atoms in total. The highest BCUT2D eigenvalue weighted by Gasteiger charge is 2.14. The predicted octanol–water partition coefficient (Wildman–Crippen LogP) is 3.11. The minimum Gasteiger partial charge on any atom is -0.490 e. The summed E-state index contributed by atoms with van der Waals surface area (Å²) in [5.41, 5.74) is 0. The summed E-state index contributed by atoms with van der Waals surface area (Å²) in [5, 5.41) is 13.4. The van der Waals surface area contributed by atoms with E-state index in [2.05, 4.69) is 21.2 Å². The van der Waals surface area contributed by atoms with Crippen molar-refractivity contribution in [1.29, 1.82) is 0 Å². The van der Waals surface area contributed by atoms with Crippen LogP contribution in [0.2, 0.25) is 0 Å². The van der Waals surface area contributed by atoms with Gasteiger partial charge in [-0.15, -0.1) is 0 Å². The number of rotatable bonds is 6. The number of hydrogen-bond donors (Lipinski definition) is 2. The molecule has 1 aromatic carbocycles. The van der Waals surface area contributed by atoms with Gasteiger partial charge in [-0.25, -0.2) is 0 Å². The molecule has 2 N–H and O–H groups in total. The molecule has 1 aliphatic rings. The average molecular weight is 328 g/mol. The molecule has 0 heterocycles. The molecule has 0 spiro atoms. The van der Waals surface area contributed by atoms with Crippen molar-refractivity contribution in [2.75, 3.05) is 13.2 Å². The van der Waals surface area contributed by atoms with Crippen molar-refractivity contribution < 1.29 is 9.84 Å². The minimum absolute atomic E-state index is 0.322. The molecule has 1 aliphatic carbocycles. The molecule has 1 aromatic rings. The van der Waals surface area contributed by atoms with Gasteiger partial charge in [-0.3, -0.25) is 0 Å². The summed E-state index contributed by atoms with van der Waals surface area (Å²) in [6.45, 7) is 0.928. The maximum Gasteiger partial charge on any atom is 0.133 e. The maximum absolute atomic E-state index is 9.93. The third-order valence-electron chi connectivity index (χ3n) is 3.52. The topological polar surface area (TPSA) is 41.5 Å². The van der Waals surface area contributed by atoms with Crippen LogP contribution in [0.3, 0.4) is 0 Å². The zero-order valence-corrected chi connectivity index (χ0v) is 12.7. The highest BCUT2D eigenvalue weighted by molar-refractivity contribution is 9.10. The van der Waals surface area contributed by atoms with E-state index in [1.807, 2.05) is 24.3 Å². The number of nitrogens with one attached hydrogen (secondary N) is 1. The molecule has 1 fully saturated rings. The number of para-hydroxylation sites is 1. The zero-order valence-electron chi connectivity index (χ0n) is 11.1. The number of halogens is 1. The van der Waals surface area contributed by atoms with Gasteiger partial charge in [0.15, 0.2) is 0 Å². The van der Waals surface area contributed by atoms with Crippen LogP contribution in [0.15, 0.2) is 28.7 Å². The smallest absolute Gasteiger partial charge is 0.133 e. The first-order valence-electron chi connectivity index (χ1n) is 7.04. The Hall–Kier alpha value is -0.580. The van der Waals surface area contributed by atoms with Crippen LogP contribution in [0.25, 0.3) is 0 Å². The van der Waals surface area contributed by atoms with Crippen molar-refractivity contribution >= 4 is 15.9 Å². The molecule has 0 unspecified atom stereocenters. The molecule has 1 atom stereocenters. The molecule has 0 saturated heterocycles. The van der Waals surface area contributed by atoms with Gasteiger partial charge in [-0.2, -0.15) is 0 Å². The molecule has 19 heavy (non-hydrogen) atoms. The van der Waals surface area contributed by atoms with Crippen LogP contribution in [0.1, 0.15) is 32.1 Å². The van der Waals surface area contributed by atoms with E-state index in [9.17, 15) is 5.11 Å². The van der Waals surface area contributed by atoms with Crippen molar-refractivity contribution in [2.45, 2.75) is 44.2 Å². The van der Waals surface area contributed by atoms with Crippen LogP contribution in [-0.4, -0.2) is 30.4 Å². The van der Waals surface area contributed by atoms with Crippen molar-refractivity contribution in [3.63, 3.8) is 0 Å². The van der Waals surface area contributed by atoms with Crippen molar-refractivity contribution in [1.82, 2.24) is 5.32 Å². The van der Waals surface area contributed by atoms with Gasteiger partial charge in [0, 0.05) is 12.6 Å². The van der Waals surface area contributed by atoms with E-state index < -0.39 is 6.10 Å². The van der Waals surface area contributed by atoms with E-state index in [1.165, 1.54) is 32.1 Å². The largest absolute Gasteiger partial charge is 0.490 e. The molecule has 0 amide bonds. The van der Waals surface area contributed by atoms with Crippen LogP contribution < -0.4 is 10.1 Å². The molecule has 2 rings (SSSR count). The van der Waals surface area contributed by atoms with Crippen LogP contribution in [0.4, 0.5) is 0 Å². The van der Waals surface area contributed by atoms with Gasteiger partial charge in [0.25, 0.3) is 0 Å². The van der Waals surface area contributed by atoms with E-state index in [-0.39, 0.29) is 0 Å². The van der Waals surface area contributed by atoms with Gasteiger partial charge in [0.2, 0.25) is 0 Å². The Morgan fingerprint density at radius 3 is 2.74 bits per heavy atom. The lowest BCUT2D eigenvalue weighted by atomic mass is 9.95. The van der Waals surface area contributed by atoms with Crippen LogP contribution in [0, 0.1) is 0 Å². The number of ether oxygens (including phenoxy) is 1. The van der Waals surface area contributed by atoms with Gasteiger partial charge in [0.05, 0.1) is 4.47 Å². The summed E-state index contributed by atoms with van der Waals surface area (Å²) >= 11 is 3.43. The van der Waals surface area contributed by atoms with E-state index >= 15 is 0 Å². The van der Waals surface area contributed by atoms with E-state index in [0.717, 1.165) is 10.2 Å². The van der Waals surface area contributed by atoms with Gasteiger partial charge >= 0.3 is 0 Å². The standard InChI is InChI=1S/C15H22BrNO2/c16-14-8-4-5-9-15(14)19-11-13(18)10-17-12-6-2-1-3-7-12/h4-5,8-9,12-13,17-18H,1-3,6-7,10-11H2/t13-/m1/s1. The first kappa shape index (κ1) is 14.8. The monoisotopic (exact) mass is 327 g/mol. The minimum atomic E-state index is -0.464. The fourth-order valence-corrected chi connectivity index (χ4v) is 2.82. The van der Waals surface area contributed by atoms with E-state index in [1.54, 1.807) is 0 Å². The van der Waals surface area contributed by atoms with Crippen molar-refractivity contribution in [2.24, 2.45) is 0 Å². The third kappa shape index (κ3) is 5.13. The number of aliphatic hydroxyl groups is 1. The van der Waals surface area contributed by atoms with Gasteiger partial charge < -0.3 is 15.2 Å². The Bertz CT molecular complexity index is 380. The second kappa shape index (κ2) is 7.88. The Labute approximate surface area is 123 Å². The third-order valence-corrected chi connectivity index (χ3v) is 4.17. The Kier molecular flexibility index (Phi) is 6.14. The van der Waals surface area contributed by atoms with E-state index in [4.69, 9.17) is 4.74 Å². The van der Waals surface area contributed by atoms with Crippen molar-refractivity contribution in [3.8, 4) is 5.75 Å². The molecule has 0 bridgehead atoms. The number of hydrogen-bond acceptors (Lipinski definition) is 3. The summed E-state index contributed by atoms with van der Waals surface area (Å²) in [7, 11) is 0. The lowest BCUT2D eigenvalue weighted by molar-refractivity contribution is 0.101. The number of aliphatic hydroxyl groups excluding tert-OH is 1. The average Bonchev–Trinajstić information content (AvgIpc) is 2.45. The molecule has 106 valence electrons. The molecular formula is C15H22BrNO2. The molecule has 0 aromatic heterocycles. The lowest BCUT2D eigenvalue weighted by Crippen LogP contribution is -2.38. The second-order valence-electron chi connectivity index (χ2n) is 5.14. The van der Waals surface area contributed by atoms with Crippen molar-refractivity contribution in [3.05, 3.63) is 28.7 Å². The molecular weight excluding hydrogens is 306 g/mol. The number of benzene rings is 1. The first-order valence-corrected chi connectivity index (χ1v) is 7.84. The highest BCUT2D eigenvalue weighted by atomic mass is 79.9. The first-order chi connectivity index (χ1) is 9.25. The Morgan fingerprint density at radius 1 is 1.26 bits per heavy atom. The van der Waals surface area contributed by atoms with E-state index in [0.29, 0.717) is 19.2 Å². The SMILES string of the molecule is O[C@H](CNC1CCCCC1)COc1ccccc1Br. The second-order valence-corrected chi connectivity index (χ2v) is 5.99. The Morgan fingerprint density at radius 2 is 2.00 bits per heavy atom. The molecule has 0 aliphatic heterocycles. The quantitative estimate of drug-likeness (QED) is 0.843. The maximum atomic E-state index is 9.93. The van der Waals surface area contributed by atoms with Gasteiger partial charge in [-0.05, 0) is 40.9 Å². The van der Waals surface area contributed by atoms with Crippen LogP contribution in [-0.2, 0) is 0 Å². The fraction of sp³-hybridized carbons (Fsp3) is 0.600.